The van der Waals surface area contributed by atoms with Crippen LogP contribution in [0.15, 0.2) is 12.1 Å². The number of methoxy groups -OCH3 is 1. The minimum atomic E-state index is 0.496. The molecule has 0 aliphatic rings. The highest BCUT2D eigenvalue weighted by atomic mass is 16.5. The average Bonchev–Trinajstić information content (AvgIpc) is 2.23. The Balaban J connectivity index is 2.99. The van der Waals surface area contributed by atoms with Crippen molar-refractivity contribution in [3.05, 3.63) is 23.3 Å². The van der Waals surface area contributed by atoms with Crippen molar-refractivity contribution in [2.24, 2.45) is 0 Å². The fraction of sp³-hybridized carbons (Fsp3) is 0.538. The predicted octanol–water partition coefficient (Wildman–Crippen LogP) is 3.52. The van der Waals surface area contributed by atoms with Crippen molar-refractivity contribution in [3.8, 4) is 5.75 Å². The third kappa shape index (κ3) is 2.65. The molecule has 0 fully saturated rings. The van der Waals surface area contributed by atoms with E-state index in [0.717, 1.165) is 12.2 Å². The minimum Gasteiger partial charge on any atom is -0.496 e. The molecule has 84 valence electrons. The summed E-state index contributed by atoms with van der Waals surface area (Å²) in [4.78, 5) is 0. The van der Waals surface area contributed by atoms with Crippen LogP contribution < -0.4 is 10.1 Å². The molecule has 1 unspecified atom stereocenters. The molecule has 0 radical (unpaired) electrons. The monoisotopic (exact) mass is 207 g/mol. The van der Waals surface area contributed by atoms with E-state index in [0.29, 0.717) is 6.04 Å². The third-order valence-corrected chi connectivity index (χ3v) is 2.82. The molecule has 0 saturated carbocycles. The number of hydrogen-bond acceptors (Lipinski definition) is 2. The van der Waals surface area contributed by atoms with E-state index in [-0.39, 0.29) is 0 Å². The topological polar surface area (TPSA) is 21.3 Å². The van der Waals surface area contributed by atoms with E-state index in [9.17, 15) is 0 Å². The standard InChI is InChI=1S/C13H21NO/c1-6-10(3)14-12-8-7-9(2)13(15-5)11(12)4/h7-8,10,14H,6H2,1-5H3. The first-order valence-corrected chi connectivity index (χ1v) is 5.50. The molecule has 1 N–H and O–H groups in total. The van der Waals surface area contributed by atoms with Gasteiger partial charge in [-0.15, -0.1) is 0 Å². The Bertz CT molecular complexity index is 334. The van der Waals surface area contributed by atoms with Gasteiger partial charge in [0.1, 0.15) is 5.75 Å². The molecule has 1 aromatic rings. The summed E-state index contributed by atoms with van der Waals surface area (Å²) in [5.41, 5.74) is 3.55. The van der Waals surface area contributed by atoms with Crippen LogP contribution in [0.5, 0.6) is 5.75 Å². The van der Waals surface area contributed by atoms with Crippen molar-refractivity contribution in [1.29, 1.82) is 0 Å². The van der Waals surface area contributed by atoms with E-state index >= 15 is 0 Å². The van der Waals surface area contributed by atoms with Crippen molar-refractivity contribution < 1.29 is 4.74 Å². The summed E-state index contributed by atoms with van der Waals surface area (Å²) in [6, 6.07) is 4.71. The van der Waals surface area contributed by atoms with Gasteiger partial charge in [0.15, 0.2) is 0 Å². The minimum absolute atomic E-state index is 0.496. The fourth-order valence-corrected chi connectivity index (χ4v) is 1.67. The highest BCUT2D eigenvalue weighted by Crippen LogP contribution is 2.29. The highest BCUT2D eigenvalue weighted by Gasteiger charge is 2.08. The molecular formula is C13H21NO. The maximum absolute atomic E-state index is 5.39. The summed E-state index contributed by atoms with van der Waals surface area (Å²) >= 11 is 0. The Kier molecular flexibility index (Phi) is 4.01. The summed E-state index contributed by atoms with van der Waals surface area (Å²) in [5.74, 6) is 0.989. The molecule has 0 aliphatic heterocycles. The second-order valence-electron chi connectivity index (χ2n) is 4.04. The van der Waals surface area contributed by atoms with Gasteiger partial charge in [-0.05, 0) is 38.8 Å². The number of ether oxygens (including phenoxy) is 1. The van der Waals surface area contributed by atoms with Crippen LogP contribution in [0.25, 0.3) is 0 Å². The molecule has 0 saturated heterocycles. The van der Waals surface area contributed by atoms with Crippen molar-refractivity contribution in [1.82, 2.24) is 0 Å². The molecule has 0 spiro atoms. The Morgan fingerprint density at radius 1 is 1.33 bits per heavy atom. The lowest BCUT2D eigenvalue weighted by Crippen LogP contribution is -2.14. The van der Waals surface area contributed by atoms with Crippen LogP contribution in [-0.2, 0) is 0 Å². The molecule has 0 heterocycles. The zero-order valence-corrected chi connectivity index (χ0v) is 10.3. The van der Waals surface area contributed by atoms with E-state index in [2.05, 4.69) is 45.1 Å². The van der Waals surface area contributed by atoms with Crippen LogP contribution in [0.2, 0.25) is 0 Å². The molecule has 1 rings (SSSR count). The number of nitrogens with one attached hydrogen (secondary N) is 1. The molecule has 2 heteroatoms. The number of benzene rings is 1. The van der Waals surface area contributed by atoms with Gasteiger partial charge < -0.3 is 10.1 Å². The molecule has 0 aliphatic carbocycles. The summed E-state index contributed by atoms with van der Waals surface area (Å²) in [6.07, 6.45) is 1.12. The van der Waals surface area contributed by atoms with Gasteiger partial charge >= 0.3 is 0 Å². The number of hydrogen-bond donors (Lipinski definition) is 1. The SMILES string of the molecule is CCC(C)Nc1ccc(C)c(OC)c1C. The number of anilines is 1. The van der Waals surface area contributed by atoms with Gasteiger partial charge in [0.05, 0.1) is 7.11 Å². The largest absolute Gasteiger partial charge is 0.496 e. The van der Waals surface area contributed by atoms with Crippen LogP contribution in [0.4, 0.5) is 5.69 Å². The summed E-state index contributed by atoms with van der Waals surface area (Å²) in [6.45, 7) is 8.53. The Morgan fingerprint density at radius 2 is 2.00 bits per heavy atom. The second-order valence-corrected chi connectivity index (χ2v) is 4.04. The lowest BCUT2D eigenvalue weighted by atomic mass is 10.1. The molecule has 0 aromatic heterocycles. The van der Waals surface area contributed by atoms with Gasteiger partial charge in [0, 0.05) is 17.3 Å². The molecule has 0 amide bonds. The molecule has 1 aromatic carbocycles. The predicted molar refractivity (Wildman–Crippen MR) is 65.8 cm³/mol. The van der Waals surface area contributed by atoms with Gasteiger partial charge in [0.2, 0.25) is 0 Å². The Hall–Kier alpha value is -1.18. The first kappa shape index (κ1) is 11.9. The van der Waals surface area contributed by atoms with E-state index in [1.807, 2.05) is 0 Å². The Labute approximate surface area is 92.6 Å². The summed E-state index contributed by atoms with van der Waals surface area (Å²) in [5, 5.41) is 3.48. The van der Waals surface area contributed by atoms with E-state index in [4.69, 9.17) is 4.74 Å². The Morgan fingerprint density at radius 3 is 2.53 bits per heavy atom. The highest BCUT2D eigenvalue weighted by molar-refractivity contribution is 5.59. The van der Waals surface area contributed by atoms with Crippen LogP contribution >= 0.6 is 0 Å². The van der Waals surface area contributed by atoms with E-state index in [1.54, 1.807) is 7.11 Å². The molecule has 1 atom stereocenters. The second kappa shape index (κ2) is 5.06. The van der Waals surface area contributed by atoms with Gasteiger partial charge in [-0.25, -0.2) is 0 Å². The summed E-state index contributed by atoms with van der Waals surface area (Å²) in [7, 11) is 1.72. The van der Waals surface area contributed by atoms with Crippen molar-refractivity contribution in [3.63, 3.8) is 0 Å². The lowest BCUT2D eigenvalue weighted by molar-refractivity contribution is 0.409. The van der Waals surface area contributed by atoms with Crippen molar-refractivity contribution >= 4 is 5.69 Å². The first-order valence-electron chi connectivity index (χ1n) is 5.50. The van der Waals surface area contributed by atoms with Crippen LogP contribution in [0, 0.1) is 13.8 Å². The number of rotatable bonds is 4. The molecule has 0 bridgehead atoms. The van der Waals surface area contributed by atoms with Crippen LogP contribution in [0.1, 0.15) is 31.4 Å². The lowest BCUT2D eigenvalue weighted by Gasteiger charge is -2.18. The van der Waals surface area contributed by atoms with Crippen LogP contribution in [0.3, 0.4) is 0 Å². The quantitative estimate of drug-likeness (QED) is 0.815. The van der Waals surface area contributed by atoms with E-state index < -0.39 is 0 Å². The zero-order valence-electron chi connectivity index (χ0n) is 10.3. The van der Waals surface area contributed by atoms with Gasteiger partial charge in [-0.3, -0.25) is 0 Å². The summed E-state index contributed by atoms with van der Waals surface area (Å²) < 4.78 is 5.39. The normalized spacial score (nSPS) is 12.3. The van der Waals surface area contributed by atoms with Crippen LogP contribution in [-0.4, -0.2) is 13.2 Å². The number of aryl methyl sites for hydroxylation is 1. The molecule has 15 heavy (non-hydrogen) atoms. The molecular weight excluding hydrogens is 186 g/mol. The maximum atomic E-state index is 5.39. The average molecular weight is 207 g/mol. The first-order chi connectivity index (χ1) is 7.10. The fourth-order valence-electron chi connectivity index (χ4n) is 1.67. The molecule has 2 nitrogen and oxygen atoms in total. The third-order valence-electron chi connectivity index (χ3n) is 2.82. The van der Waals surface area contributed by atoms with Crippen molar-refractivity contribution in [2.75, 3.05) is 12.4 Å². The smallest absolute Gasteiger partial charge is 0.126 e. The van der Waals surface area contributed by atoms with Gasteiger partial charge in [0.25, 0.3) is 0 Å². The zero-order chi connectivity index (χ0) is 11.4. The van der Waals surface area contributed by atoms with Crippen molar-refractivity contribution in [2.45, 2.75) is 40.2 Å². The van der Waals surface area contributed by atoms with Gasteiger partial charge in [-0.1, -0.05) is 13.0 Å². The maximum Gasteiger partial charge on any atom is 0.126 e. The van der Waals surface area contributed by atoms with E-state index in [1.165, 1.54) is 16.8 Å². The van der Waals surface area contributed by atoms with Gasteiger partial charge in [-0.2, -0.15) is 0 Å².